The second-order valence-electron chi connectivity index (χ2n) is 10.2. The molecule has 1 heteroatoms. The lowest BCUT2D eigenvalue weighted by molar-refractivity contribution is 0.120. The number of allylic oxidation sites excluding steroid dienone is 6. The molecule has 0 aromatic carbocycles. The lowest BCUT2D eigenvalue weighted by Gasteiger charge is -2.45. The summed E-state index contributed by atoms with van der Waals surface area (Å²) in [6.07, 6.45) is 20.3. The predicted octanol–water partition coefficient (Wildman–Crippen LogP) is 7.40. The first-order chi connectivity index (χ1) is 13.3. The molecule has 3 saturated carbocycles. The van der Waals surface area contributed by atoms with Gasteiger partial charge in [0.2, 0.25) is 0 Å². The molecule has 0 heterocycles. The van der Waals surface area contributed by atoms with Crippen LogP contribution in [0.25, 0.3) is 0 Å². The van der Waals surface area contributed by atoms with Crippen molar-refractivity contribution in [2.45, 2.75) is 91.6 Å². The van der Waals surface area contributed by atoms with Crippen molar-refractivity contribution in [3.05, 3.63) is 47.6 Å². The van der Waals surface area contributed by atoms with E-state index in [2.05, 4.69) is 58.6 Å². The maximum Gasteiger partial charge on any atom is 0.0583 e. The lowest BCUT2D eigenvalue weighted by atomic mass is 9.60. The smallest absolute Gasteiger partial charge is 0.0583 e. The molecule has 0 aromatic rings. The van der Waals surface area contributed by atoms with E-state index < -0.39 is 0 Å². The molecule has 1 nitrogen and oxygen atoms in total. The van der Waals surface area contributed by atoms with Crippen LogP contribution in [0.3, 0.4) is 0 Å². The van der Waals surface area contributed by atoms with Gasteiger partial charge in [-0.2, -0.15) is 0 Å². The van der Waals surface area contributed by atoms with Crippen molar-refractivity contribution in [2.24, 2.45) is 29.1 Å². The van der Waals surface area contributed by atoms with Gasteiger partial charge in [0.05, 0.1) is 6.10 Å². The topological polar surface area (TPSA) is 20.2 Å². The SMILES string of the molecule is C=C1CC[C@H](O)CC1=CC=C1CCC[C@]2([C@H](C)C=C[C@H](C)C(C)C)CCC[C@@H]12. The maximum atomic E-state index is 10.0. The molecule has 0 aliphatic heterocycles. The van der Waals surface area contributed by atoms with Crippen LogP contribution in [0.1, 0.15) is 85.5 Å². The molecule has 0 bridgehead atoms. The molecule has 156 valence electrons. The van der Waals surface area contributed by atoms with Gasteiger partial charge < -0.3 is 5.11 Å². The van der Waals surface area contributed by atoms with Crippen LogP contribution in [0.5, 0.6) is 0 Å². The number of hydrogen-bond donors (Lipinski definition) is 1. The molecule has 0 radical (unpaired) electrons. The van der Waals surface area contributed by atoms with E-state index >= 15 is 0 Å². The van der Waals surface area contributed by atoms with Gasteiger partial charge >= 0.3 is 0 Å². The summed E-state index contributed by atoms with van der Waals surface area (Å²) in [5, 5.41) is 10.0. The third kappa shape index (κ3) is 4.56. The summed E-state index contributed by atoms with van der Waals surface area (Å²) in [5.41, 5.74) is 4.65. The minimum Gasteiger partial charge on any atom is -0.393 e. The van der Waals surface area contributed by atoms with E-state index in [0.29, 0.717) is 23.2 Å². The van der Waals surface area contributed by atoms with Crippen molar-refractivity contribution in [2.75, 3.05) is 0 Å². The van der Waals surface area contributed by atoms with E-state index in [1.165, 1.54) is 49.7 Å². The van der Waals surface area contributed by atoms with Crippen molar-refractivity contribution in [3.8, 4) is 0 Å². The Morgan fingerprint density at radius 1 is 1.00 bits per heavy atom. The van der Waals surface area contributed by atoms with Gasteiger partial charge in [-0.05, 0) is 86.0 Å². The van der Waals surface area contributed by atoms with E-state index in [1.807, 2.05) is 0 Å². The van der Waals surface area contributed by atoms with Gasteiger partial charge in [0, 0.05) is 0 Å². The van der Waals surface area contributed by atoms with Crippen LogP contribution in [0.4, 0.5) is 0 Å². The summed E-state index contributed by atoms with van der Waals surface area (Å²) in [7, 11) is 0. The largest absolute Gasteiger partial charge is 0.393 e. The number of aliphatic hydroxyl groups is 1. The Kier molecular flexibility index (Phi) is 7.07. The second-order valence-corrected chi connectivity index (χ2v) is 10.2. The highest BCUT2D eigenvalue weighted by molar-refractivity contribution is 5.36. The van der Waals surface area contributed by atoms with Crippen LogP contribution in [0.2, 0.25) is 0 Å². The highest BCUT2D eigenvalue weighted by atomic mass is 16.3. The number of hydrogen-bond acceptors (Lipinski definition) is 1. The molecule has 3 fully saturated rings. The maximum absolute atomic E-state index is 10.0. The van der Waals surface area contributed by atoms with Gasteiger partial charge in [0.1, 0.15) is 0 Å². The van der Waals surface area contributed by atoms with E-state index in [4.69, 9.17) is 0 Å². The van der Waals surface area contributed by atoms with Crippen LogP contribution in [-0.4, -0.2) is 11.2 Å². The third-order valence-corrected chi connectivity index (χ3v) is 8.23. The molecule has 0 saturated heterocycles. The lowest BCUT2D eigenvalue weighted by Crippen LogP contribution is -2.36. The first kappa shape index (κ1) is 21.6. The molecule has 3 aliphatic carbocycles. The fraction of sp³-hybridized carbons (Fsp3) is 0.704. The Morgan fingerprint density at radius 3 is 2.50 bits per heavy atom. The fourth-order valence-corrected chi connectivity index (χ4v) is 5.87. The summed E-state index contributed by atoms with van der Waals surface area (Å²) in [4.78, 5) is 0. The van der Waals surface area contributed by atoms with E-state index in [9.17, 15) is 5.11 Å². The second kappa shape index (κ2) is 9.16. The summed E-state index contributed by atoms with van der Waals surface area (Å²) >= 11 is 0. The van der Waals surface area contributed by atoms with Crippen molar-refractivity contribution in [1.29, 1.82) is 0 Å². The molecule has 5 atom stereocenters. The number of fused-ring (bicyclic) bond motifs is 1. The highest BCUT2D eigenvalue weighted by Gasteiger charge is 2.48. The molecule has 3 aliphatic rings. The molecular weight excluding hydrogens is 340 g/mol. The van der Waals surface area contributed by atoms with E-state index in [0.717, 1.165) is 25.2 Å². The molecule has 0 amide bonds. The highest BCUT2D eigenvalue weighted by Crippen LogP contribution is 2.58. The first-order valence-electron chi connectivity index (χ1n) is 11.8. The fourth-order valence-electron chi connectivity index (χ4n) is 5.87. The molecule has 0 spiro atoms. The molecule has 0 unspecified atom stereocenters. The zero-order valence-electron chi connectivity index (χ0n) is 18.7. The van der Waals surface area contributed by atoms with Gasteiger partial charge in [0.25, 0.3) is 0 Å². The first-order valence-corrected chi connectivity index (χ1v) is 11.8. The summed E-state index contributed by atoms with van der Waals surface area (Å²) in [6.45, 7) is 13.7. The van der Waals surface area contributed by atoms with Gasteiger partial charge in [-0.1, -0.05) is 76.1 Å². The number of aliphatic hydroxyl groups excluding tert-OH is 1. The van der Waals surface area contributed by atoms with Crippen LogP contribution in [0, 0.1) is 29.1 Å². The Labute approximate surface area is 173 Å². The summed E-state index contributed by atoms with van der Waals surface area (Å²) in [6, 6.07) is 0. The molecule has 0 aromatic heterocycles. The summed E-state index contributed by atoms with van der Waals surface area (Å²) < 4.78 is 0. The van der Waals surface area contributed by atoms with Crippen molar-refractivity contribution in [3.63, 3.8) is 0 Å². The quantitative estimate of drug-likeness (QED) is 0.491. The average Bonchev–Trinajstić information content (AvgIpc) is 3.12. The Balaban J connectivity index is 1.79. The Hall–Kier alpha value is -1.08. The van der Waals surface area contributed by atoms with Crippen LogP contribution >= 0.6 is 0 Å². The zero-order valence-corrected chi connectivity index (χ0v) is 18.7. The molecular formula is C27H42O. The molecule has 3 rings (SSSR count). The minimum absolute atomic E-state index is 0.180. The van der Waals surface area contributed by atoms with Gasteiger partial charge in [-0.3, -0.25) is 0 Å². The van der Waals surface area contributed by atoms with E-state index in [-0.39, 0.29) is 6.10 Å². The number of rotatable bonds is 5. The van der Waals surface area contributed by atoms with Crippen molar-refractivity contribution < 1.29 is 5.11 Å². The molecule has 28 heavy (non-hydrogen) atoms. The zero-order chi connectivity index (χ0) is 20.3. The van der Waals surface area contributed by atoms with Crippen LogP contribution < -0.4 is 0 Å². The predicted molar refractivity (Wildman–Crippen MR) is 121 cm³/mol. The monoisotopic (exact) mass is 382 g/mol. The van der Waals surface area contributed by atoms with Gasteiger partial charge in [-0.25, -0.2) is 0 Å². The summed E-state index contributed by atoms with van der Waals surface area (Å²) in [5.74, 6) is 2.77. The van der Waals surface area contributed by atoms with Gasteiger partial charge in [-0.15, -0.1) is 0 Å². The Morgan fingerprint density at radius 2 is 1.75 bits per heavy atom. The normalized spacial score (nSPS) is 36.4. The van der Waals surface area contributed by atoms with Crippen molar-refractivity contribution >= 4 is 0 Å². The average molecular weight is 383 g/mol. The minimum atomic E-state index is -0.180. The van der Waals surface area contributed by atoms with Gasteiger partial charge in [0.15, 0.2) is 0 Å². The van der Waals surface area contributed by atoms with E-state index in [1.54, 1.807) is 5.57 Å². The van der Waals surface area contributed by atoms with Crippen molar-refractivity contribution in [1.82, 2.24) is 0 Å². The van der Waals surface area contributed by atoms with Crippen LogP contribution in [-0.2, 0) is 0 Å². The third-order valence-electron chi connectivity index (χ3n) is 8.23. The standard InChI is InChI=1S/C27H42O/c1-19(2)20(3)10-12-22(5)27-16-6-8-23(26(27)9-7-17-27)13-14-24-18-25(28)15-11-21(24)4/h10,12-14,19-20,22,25-26,28H,4,6-9,11,15-18H2,1-3,5H3/t20-,22+,25-,26-,27+/m0/s1. The molecule has 1 N–H and O–H groups in total. The van der Waals surface area contributed by atoms with Crippen LogP contribution in [0.15, 0.2) is 47.6 Å². The Bertz CT molecular complexity index is 649.